The molecule has 3 N–H and O–H groups in total. The molecule has 1 unspecified atom stereocenters. The summed E-state index contributed by atoms with van der Waals surface area (Å²) in [6, 6.07) is 8.89. The van der Waals surface area contributed by atoms with Crippen molar-refractivity contribution in [2.75, 3.05) is 39.4 Å². The zero-order valence-corrected chi connectivity index (χ0v) is 17.0. The Morgan fingerprint density at radius 3 is 2.54 bits per heavy atom. The zero-order valence-electron chi connectivity index (χ0n) is 14.6. The van der Waals surface area contributed by atoms with Crippen LogP contribution in [0.4, 0.5) is 0 Å². The minimum absolute atomic E-state index is 0. The number of aliphatic imine (C=N–C) groups is 1. The molecule has 2 rings (SSSR count). The topological polar surface area (TPSA) is 62.9 Å². The van der Waals surface area contributed by atoms with Gasteiger partial charge < -0.3 is 15.8 Å². The van der Waals surface area contributed by atoms with Gasteiger partial charge in [0.25, 0.3) is 0 Å². The van der Waals surface area contributed by atoms with Crippen LogP contribution in [-0.2, 0) is 4.74 Å². The molecule has 6 heteroatoms. The monoisotopic (exact) mass is 444 g/mol. The summed E-state index contributed by atoms with van der Waals surface area (Å²) in [5.74, 6) is 0.471. The predicted molar refractivity (Wildman–Crippen MR) is 111 cm³/mol. The van der Waals surface area contributed by atoms with E-state index in [2.05, 4.69) is 53.0 Å². The van der Waals surface area contributed by atoms with E-state index >= 15 is 0 Å². The Bertz CT molecular complexity index is 538. The Morgan fingerprint density at radius 2 is 1.96 bits per heavy atom. The number of morpholine rings is 1. The van der Waals surface area contributed by atoms with Gasteiger partial charge in [0.05, 0.1) is 25.8 Å². The largest absolute Gasteiger partial charge is 0.379 e. The van der Waals surface area contributed by atoms with Crippen molar-refractivity contribution in [3.63, 3.8) is 0 Å². The average Bonchev–Trinajstić information content (AvgIpc) is 2.55. The Kier molecular flexibility index (Phi) is 9.31. The minimum atomic E-state index is 0. The van der Waals surface area contributed by atoms with Crippen molar-refractivity contribution in [3.05, 3.63) is 47.5 Å². The molecule has 1 saturated heterocycles. The van der Waals surface area contributed by atoms with Crippen LogP contribution >= 0.6 is 24.0 Å². The number of benzene rings is 1. The van der Waals surface area contributed by atoms with E-state index in [9.17, 15) is 0 Å². The van der Waals surface area contributed by atoms with E-state index in [1.54, 1.807) is 0 Å². The summed E-state index contributed by atoms with van der Waals surface area (Å²) in [7, 11) is 0. The molecule has 0 bridgehead atoms. The molecule has 0 aromatic heterocycles. The van der Waals surface area contributed by atoms with Gasteiger partial charge in [-0.25, -0.2) is 0 Å². The van der Waals surface area contributed by atoms with Crippen molar-refractivity contribution in [2.45, 2.75) is 19.9 Å². The third-order valence-corrected chi connectivity index (χ3v) is 3.95. The number of hydrogen-bond donors (Lipinski definition) is 2. The summed E-state index contributed by atoms with van der Waals surface area (Å²) in [5, 5.41) is 3.09. The van der Waals surface area contributed by atoms with Gasteiger partial charge in [-0.1, -0.05) is 42.0 Å². The third kappa shape index (κ3) is 6.78. The Hall–Kier alpha value is -1.12. The second kappa shape index (κ2) is 10.7. The summed E-state index contributed by atoms with van der Waals surface area (Å²) in [5.41, 5.74) is 9.53. The Labute approximate surface area is 162 Å². The normalized spacial score (nSPS) is 17.0. The molecular weight excluding hydrogens is 415 g/mol. The number of aryl methyl sites for hydroxylation is 1. The van der Waals surface area contributed by atoms with Crippen molar-refractivity contribution < 1.29 is 4.74 Å². The second-order valence-corrected chi connectivity index (χ2v) is 6.11. The highest BCUT2D eigenvalue weighted by Crippen LogP contribution is 2.22. The maximum absolute atomic E-state index is 5.96. The van der Waals surface area contributed by atoms with Crippen molar-refractivity contribution in [1.82, 2.24) is 10.2 Å². The molecule has 1 heterocycles. The van der Waals surface area contributed by atoms with Crippen molar-refractivity contribution in [1.29, 1.82) is 0 Å². The van der Waals surface area contributed by atoms with Crippen molar-refractivity contribution in [2.24, 2.45) is 10.7 Å². The van der Waals surface area contributed by atoms with E-state index in [-0.39, 0.29) is 30.0 Å². The number of nitrogens with two attached hydrogens (primary N) is 1. The molecule has 0 aliphatic carbocycles. The number of halogens is 1. The van der Waals surface area contributed by atoms with Crippen molar-refractivity contribution in [3.8, 4) is 0 Å². The van der Waals surface area contributed by atoms with Crippen molar-refractivity contribution >= 4 is 29.9 Å². The third-order valence-electron chi connectivity index (χ3n) is 3.95. The first-order valence-electron chi connectivity index (χ1n) is 8.13. The van der Waals surface area contributed by atoms with E-state index in [1.807, 2.05) is 6.92 Å². The maximum atomic E-state index is 5.96. The lowest BCUT2D eigenvalue weighted by molar-refractivity contribution is 0.0180. The van der Waals surface area contributed by atoms with Crippen LogP contribution in [0.25, 0.3) is 0 Å². The van der Waals surface area contributed by atoms with Gasteiger partial charge in [0.15, 0.2) is 5.96 Å². The minimum Gasteiger partial charge on any atom is -0.379 e. The van der Waals surface area contributed by atoms with Crippen LogP contribution in [-0.4, -0.2) is 50.3 Å². The van der Waals surface area contributed by atoms with Gasteiger partial charge in [-0.05, 0) is 19.4 Å². The molecule has 0 amide bonds. The average molecular weight is 444 g/mol. The van der Waals surface area contributed by atoms with Gasteiger partial charge in [-0.3, -0.25) is 9.89 Å². The SMILES string of the molecule is C=C(C)CNC(N)=NCC(c1ccc(C)cc1)N1CCOCC1.I. The quantitative estimate of drug-likeness (QED) is 0.306. The molecule has 0 saturated carbocycles. The maximum Gasteiger partial charge on any atom is 0.188 e. The van der Waals surface area contributed by atoms with Crippen LogP contribution in [0, 0.1) is 6.92 Å². The lowest BCUT2D eigenvalue weighted by atomic mass is 10.0. The lowest BCUT2D eigenvalue weighted by Gasteiger charge is -2.34. The summed E-state index contributed by atoms with van der Waals surface area (Å²) >= 11 is 0. The van der Waals surface area contributed by atoms with Gasteiger partial charge in [0.1, 0.15) is 0 Å². The number of nitrogens with zero attached hydrogens (tertiary/aromatic N) is 2. The molecule has 1 aromatic carbocycles. The predicted octanol–water partition coefficient (Wildman–Crippen LogP) is 2.47. The molecule has 1 atom stereocenters. The first-order chi connectivity index (χ1) is 11.1. The van der Waals surface area contributed by atoms with Crippen LogP contribution in [0.5, 0.6) is 0 Å². The Balaban J connectivity index is 0.00000288. The molecule has 1 aromatic rings. The molecule has 0 spiro atoms. The smallest absolute Gasteiger partial charge is 0.188 e. The summed E-state index contributed by atoms with van der Waals surface area (Å²) < 4.78 is 5.47. The molecule has 0 radical (unpaired) electrons. The Morgan fingerprint density at radius 1 is 1.33 bits per heavy atom. The van der Waals surface area contributed by atoms with Gasteiger partial charge in [-0.15, -0.1) is 24.0 Å². The fourth-order valence-corrected chi connectivity index (χ4v) is 2.59. The molecule has 5 nitrogen and oxygen atoms in total. The highest BCUT2D eigenvalue weighted by molar-refractivity contribution is 14.0. The van der Waals surface area contributed by atoms with Gasteiger partial charge in [0, 0.05) is 19.6 Å². The first-order valence-corrected chi connectivity index (χ1v) is 8.13. The van der Waals surface area contributed by atoms with E-state index in [0.29, 0.717) is 19.0 Å². The number of hydrogen-bond acceptors (Lipinski definition) is 3. The highest BCUT2D eigenvalue weighted by Gasteiger charge is 2.22. The van der Waals surface area contributed by atoms with Gasteiger partial charge >= 0.3 is 0 Å². The molecule has 1 aliphatic rings. The summed E-state index contributed by atoms with van der Waals surface area (Å²) in [4.78, 5) is 6.95. The summed E-state index contributed by atoms with van der Waals surface area (Å²) in [6.45, 7) is 12.6. The number of guanidine groups is 1. The number of ether oxygens (including phenoxy) is 1. The van der Waals surface area contributed by atoms with Crippen LogP contribution in [0.3, 0.4) is 0 Å². The van der Waals surface area contributed by atoms with E-state index in [0.717, 1.165) is 31.9 Å². The van der Waals surface area contributed by atoms with Crippen LogP contribution < -0.4 is 11.1 Å². The molecule has 1 aliphatic heterocycles. The fraction of sp³-hybridized carbons (Fsp3) is 0.500. The second-order valence-electron chi connectivity index (χ2n) is 6.11. The molecule has 24 heavy (non-hydrogen) atoms. The molecule has 1 fully saturated rings. The van der Waals surface area contributed by atoms with Crippen LogP contribution in [0.15, 0.2) is 41.4 Å². The number of nitrogens with one attached hydrogen (secondary N) is 1. The first kappa shape index (κ1) is 20.9. The summed E-state index contributed by atoms with van der Waals surface area (Å²) in [6.07, 6.45) is 0. The van der Waals surface area contributed by atoms with Crippen LogP contribution in [0.1, 0.15) is 24.1 Å². The molecule has 134 valence electrons. The van der Waals surface area contributed by atoms with E-state index in [1.165, 1.54) is 11.1 Å². The van der Waals surface area contributed by atoms with Gasteiger partial charge in [0.2, 0.25) is 0 Å². The highest BCUT2D eigenvalue weighted by atomic mass is 127. The standard InChI is InChI=1S/C18H28N4O.HI/c1-14(2)12-20-18(19)21-13-17(22-8-10-23-11-9-22)16-6-4-15(3)5-7-16;/h4-7,17H,1,8-13H2,2-3H3,(H3,19,20,21);1H. The van der Waals surface area contributed by atoms with Crippen LogP contribution in [0.2, 0.25) is 0 Å². The van der Waals surface area contributed by atoms with E-state index < -0.39 is 0 Å². The zero-order chi connectivity index (χ0) is 16.7. The van der Waals surface area contributed by atoms with E-state index in [4.69, 9.17) is 10.5 Å². The molecular formula is C18H29IN4O. The fourth-order valence-electron chi connectivity index (χ4n) is 2.59. The van der Waals surface area contributed by atoms with Gasteiger partial charge in [-0.2, -0.15) is 0 Å². The lowest BCUT2D eigenvalue weighted by Crippen LogP contribution is -2.41. The number of rotatable bonds is 6.